The van der Waals surface area contributed by atoms with E-state index < -0.39 is 11.7 Å². The zero-order chi connectivity index (χ0) is 13.0. The summed E-state index contributed by atoms with van der Waals surface area (Å²) < 4.78 is 43.8. The lowest BCUT2D eigenvalue weighted by Crippen LogP contribution is -2.35. The van der Waals surface area contributed by atoms with E-state index in [0.29, 0.717) is 6.54 Å². The summed E-state index contributed by atoms with van der Waals surface area (Å²) in [7, 11) is 0. The largest absolute Gasteiger partial charge is 0.416 e. The van der Waals surface area contributed by atoms with Gasteiger partial charge in [0.1, 0.15) is 0 Å². The number of nitrogens with one attached hydrogen (secondary N) is 1. The van der Waals surface area contributed by atoms with Crippen molar-refractivity contribution >= 4 is 0 Å². The van der Waals surface area contributed by atoms with E-state index in [-0.39, 0.29) is 18.3 Å². The van der Waals surface area contributed by atoms with Gasteiger partial charge in [0.05, 0.1) is 18.3 Å². The number of alkyl halides is 3. The van der Waals surface area contributed by atoms with Crippen molar-refractivity contribution in [2.45, 2.75) is 31.7 Å². The molecule has 0 radical (unpaired) electrons. The maximum Gasteiger partial charge on any atom is 0.416 e. The smallest absolute Gasteiger partial charge is 0.372 e. The van der Waals surface area contributed by atoms with Crippen LogP contribution in [0, 0.1) is 0 Å². The topological polar surface area (TPSA) is 21.3 Å². The van der Waals surface area contributed by atoms with Gasteiger partial charge in [0.25, 0.3) is 0 Å². The second-order valence-electron chi connectivity index (χ2n) is 4.43. The molecular formula is C13H16F3NO. The summed E-state index contributed by atoms with van der Waals surface area (Å²) in [4.78, 5) is 0. The maximum absolute atomic E-state index is 12.7. The minimum atomic E-state index is -4.31. The van der Waals surface area contributed by atoms with Gasteiger partial charge < -0.3 is 10.1 Å². The Hall–Kier alpha value is -1.07. The van der Waals surface area contributed by atoms with Crippen molar-refractivity contribution in [3.63, 3.8) is 0 Å². The number of ether oxygens (including phenoxy) is 1. The lowest BCUT2D eigenvalue weighted by Gasteiger charge is -2.23. The van der Waals surface area contributed by atoms with Crippen molar-refractivity contribution in [3.05, 3.63) is 35.4 Å². The van der Waals surface area contributed by atoms with Crippen LogP contribution in [0.25, 0.3) is 0 Å². The number of rotatable bonds is 3. The van der Waals surface area contributed by atoms with E-state index >= 15 is 0 Å². The van der Waals surface area contributed by atoms with Crippen LogP contribution in [-0.2, 0) is 17.5 Å². The maximum atomic E-state index is 12.7. The highest BCUT2D eigenvalue weighted by Gasteiger charge is 2.33. The molecular weight excluding hydrogens is 243 g/mol. The van der Waals surface area contributed by atoms with E-state index in [2.05, 4.69) is 5.32 Å². The van der Waals surface area contributed by atoms with E-state index in [1.54, 1.807) is 6.07 Å². The molecule has 1 heterocycles. The molecule has 1 aliphatic heterocycles. The van der Waals surface area contributed by atoms with Crippen molar-refractivity contribution in [2.75, 3.05) is 13.1 Å². The lowest BCUT2D eigenvalue weighted by atomic mass is 10.1. The molecule has 1 aromatic carbocycles. The molecule has 1 atom stereocenters. The Bertz CT molecular complexity index is 386. The Balaban J connectivity index is 2.00. The quantitative estimate of drug-likeness (QED) is 0.901. The van der Waals surface area contributed by atoms with E-state index in [9.17, 15) is 13.2 Å². The normalized spacial score (nSPS) is 20.9. The predicted octanol–water partition coefficient (Wildman–Crippen LogP) is 2.97. The van der Waals surface area contributed by atoms with Crippen LogP contribution in [0.15, 0.2) is 24.3 Å². The van der Waals surface area contributed by atoms with Gasteiger partial charge >= 0.3 is 6.18 Å². The Labute approximate surface area is 104 Å². The molecule has 1 aliphatic rings. The zero-order valence-corrected chi connectivity index (χ0v) is 9.96. The van der Waals surface area contributed by atoms with Gasteiger partial charge in [0.2, 0.25) is 0 Å². The van der Waals surface area contributed by atoms with Crippen LogP contribution in [0.4, 0.5) is 13.2 Å². The Kier molecular flexibility index (Phi) is 4.24. The van der Waals surface area contributed by atoms with Crippen LogP contribution in [-0.4, -0.2) is 19.2 Å². The third-order valence-electron chi connectivity index (χ3n) is 3.05. The molecule has 18 heavy (non-hydrogen) atoms. The molecule has 1 unspecified atom stereocenters. The summed E-state index contributed by atoms with van der Waals surface area (Å²) in [5, 5.41) is 3.17. The molecule has 2 nitrogen and oxygen atoms in total. The molecule has 0 spiro atoms. The van der Waals surface area contributed by atoms with Crippen LogP contribution in [0.1, 0.15) is 24.0 Å². The van der Waals surface area contributed by atoms with Gasteiger partial charge in [-0.1, -0.05) is 18.2 Å². The number of piperidine rings is 1. The fourth-order valence-corrected chi connectivity index (χ4v) is 2.09. The summed E-state index contributed by atoms with van der Waals surface area (Å²) >= 11 is 0. The lowest BCUT2D eigenvalue weighted by molar-refractivity contribution is -0.139. The first-order valence-corrected chi connectivity index (χ1v) is 6.05. The summed E-state index contributed by atoms with van der Waals surface area (Å²) in [5.74, 6) is 0. The standard InChI is InChI=1S/C13H16F3NO/c14-13(15,16)12-6-2-1-4-10(12)9-18-11-5-3-7-17-8-11/h1-2,4,6,11,17H,3,5,7-9H2. The average Bonchev–Trinajstić information content (AvgIpc) is 2.37. The molecule has 1 N–H and O–H groups in total. The number of benzene rings is 1. The second-order valence-corrected chi connectivity index (χ2v) is 4.43. The van der Waals surface area contributed by atoms with Crippen molar-refractivity contribution in [1.29, 1.82) is 0 Å². The highest BCUT2D eigenvalue weighted by molar-refractivity contribution is 5.28. The van der Waals surface area contributed by atoms with Crippen molar-refractivity contribution in [2.24, 2.45) is 0 Å². The van der Waals surface area contributed by atoms with E-state index in [1.165, 1.54) is 12.1 Å². The minimum absolute atomic E-state index is 0.0139. The second kappa shape index (κ2) is 5.71. The molecule has 1 aromatic rings. The summed E-state index contributed by atoms with van der Waals surface area (Å²) in [5.41, 5.74) is -0.399. The molecule has 100 valence electrons. The van der Waals surface area contributed by atoms with E-state index in [1.807, 2.05) is 0 Å². The molecule has 5 heteroatoms. The summed E-state index contributed by atoms with van der Waals surface area (Å²) in [6.45, 7) is 1.69. The van der Waals surface area contributed by atoms with E-state index in [4.69, 9.17) is 4.74 Å². The van der Waals surface area contributed by atoms with Crippen LogP contribution >= 0.6 is 0 Å². The Morgan fingerprint density at radius 2 is 2.06 bits per heavy atom. The number of halogens is 3. The molecule has 0 saturated carbocycles. The fourth-order valence-electron chi connectivity index (χ4n) is 2.09. The molecule has 0 bridgehead atoms. The van der Waals surface area contributed by atoms with Gasteiger partial charge in [-0.15, -0.1) is 0 Å². The molecule has 2 rings (SSSR count). The molecule has 0 aromatic heterocycles. The van der Waals surface area contributed by atoms with Gasteiger partial charge in [-0.3, -0.25) is 0 Å². The van der Waals surface area contributed by atoms with Gasteiger partial charge in [-0.2, -0.15) is 13.2 Å². The first-order valence-electron chi connectivity index (χ1n) is 6.05. The first-order chi connectivity index (χ1) is 8.57. The summed E-state index contributed by atoms with van der Waals surface area (Å²) in [6.07, 6.45) is -2.39. The van der Waals surface area contributed by atoms with Crippen LogP contribution in [0.3, 0.4) is 0 Å². The van der Waals surface area contributed by atoms with Crippen LogP contribution in [0.2, 0.25) is 0 Å². The Morgan fingerprint density at radius 1 is 1.28 bits per heavy atom. The molecule has 1 saturated heterocycles. The summed E-state index contributed by atoms with van der Waals surface area (Å²) in [6, 6.07) is 5.57. The van der Waals surface area contributed by atoms with Gasteiger partial charge in [0.15, 0.2) is 0 Å². The molecule has 0 aliphatic carbocycles. The number of hydrogen-bond acceptors (Lipinski definition) is 2. The van der Waals surface area contributed by atoms with Crippen LogP contribution in [0.5, 0.6) is 0 Å². The third-order valence-corrected chi connectivity index (χ3v) is 3.05. The SMILES string of the molecule is FC(F)(F)c1ccccc1COC1CCCNC1. The van der Waals surface area contributed by atoms with Gasteiger partial charge in [-0.25, -0.2) is 0 Å². The Morgan fingerprint density at radius 3 is 2.72 bits per heavy atom. The van der Waals surface area contributed by atoms with Crippen molar-refractivity contribution in [3.8, 4) is 0 Å². The highest BCUT2D eigenvalue weighted by atomic mass is 19.4. The monoisotopic (exact) mass is 259 g/mol. The van der Waals surface area contributed by atoms with E-state index in [0.717, 1.165) is 25.5 Å². The minimum Gasteiger partial charge on any atom is -0.372 e. The van der Waals surface area contributed by atoms with Gasteiger partial charge in [0, 0.05) is 6.54 Å². The predicted molar refractivity (Wildman–Crippen MR) is 62.1 cm³/mol. The zero-order valence-electron chi connectivity index (χ0n) is 9.96. The third kappa shape index (κ3) is 3.46. The highest BCUT2D eigenvalue weighted by Crippen LogP contribution is 2.32. The van der Waals surface area contributed by atoms with Crippen molar-refractivity contribution in [1.82, 2.24) is 5.32 Å². The molecule has 0 amide bonds. The number of hydrogen-bond donors (Lipinski definition) is 1. The first kappa shape index (κ1) is 13.4. The fraction of sp³-hybridized carbons (Fsp3) is 0.538. The van der Waals surface area contributed by atoms with Crippen molar-refractivity contribution < 1.29 is 17.9 Å². The molecule has 1 fully saturated rings. The van der Waals surface area contributed by atoms with Crippen LogP contribution < -0.4 is 5.32 Å². The average molecular weight is 259 g/mol. The van der Waals surface area contributed by atoms with Gasteiger partial charge in [-0.05, 0) is 31.0 Å².